The molecule has 0 N–H and O–H groups in total. The van der Waals surface area contributed by atoms with Crippen LogP contribution in [0.1, 0.15) is 52.1 Å². The zero-order valence-electron chi connectivity index (χ0n) is 15.8. The number of hydrogen-bond acceptors (Lipinski definition) is 4. The molecule has 1 aliphatic carbocycles. The summed E-state index contributed by atoms with van der Waals surface area (Å²) >= 11 is 0. The van der Waals surface area contributed by atoms with E-state index in [-0.39, 0.29) is 23.5 Å². The molecule has 27 heavy (non-hydrogen) atoms. The molecule has 0 radical (unpaired) electrons. The molecule has 1 saturated carbocycles. The minimum atomic E-state index is -4.49. The van der Waals surface area contributed by atoms with Crippen LogP contribution < -0.4 is 4.74 Å². The van der Waals surface area contributed by atoms with Crippen LogP contribution in [0.25, 0.3) is 0 Å². The maximum atomic E-state index is 12.8. The van der Waals surface area contributed by atoms with E-state index in [4.69, 9.17) is 9.47 Å². The minimum Gasteiger partial charge on any atom is -0.474 e. The van der Waals surface area contributed by atoms with E-state index in [2.05, 4.69) is 4.98 Å². The number of nitrogens with zero attached hydrogens (tertiary/aromatic N) is 2. The number of likely N-dealkylation sites (tertiary alicyclic amines) is 1. The Morgan fingerprint density at radius 2 is 1.96 bits per heavy atom. The lowest BCUT2D eigenvalue weighted by atomic mass is 9.62. The summed E-state index contributed by atoms with van der Waals surface area (Å²) in [6.45, 7) is 6.76. The second kappa shape index (κ2) is 6.87. The average Bonchev–Trinajstić information content (AvgIpc) is 2.51. The number of carbonyl (C=O) groups excluding carboxylic acids is 1. The van der Waals surface area contributed by atoms with Gasteiger partial charge in [-0.2, -0.15) is 13.2 Å². The number of hydrogen-bond donors (Lipinski definition) is 0. The van der Waals surface area contributed by atoms with Crippen LogP contribution in [0, 0.1) is 5.41 Å². The molecular weight excluding hydrogens is 361 g/mol. The van der Waals surface area contributed by atoms with Crippen LogP contribution in [0.15, 0.2) is 18.2 Å². The van der Waals surface area contributed by atoms with Crippen LogP contribution in [0.2, 0.25) is 0 Å². The summed E-state index contributed by atoms with van der Waals surface area (Å²) in [5.41, 5.74) is -1.54. The quantitative estimate of drug-likeness (QED) is 0.742. The van der Waals surface area contributed by atoms with Gasteiger partial charge in [-0.05, 0) is 57.9 Å². The fraction of sp³-hybridized carbons (Fsp3) is 0.684. The summed E-state index contributed by atoms with van der Waals surface area (Å²) in [7, 11) is 0. The summed E-state index contributed by atoms with van der Waals surface area (Å²) in [4.78, 5) is 17.6. The molecule has 3 rings (SSSR count). The Labute approximate surface area is 156 Å². The van der Waals surface area contributed by atoms with Crippen molar-refractivity contribution in [1.29, 1.82) is 0 Å². The second-order valence-electron chi connectivity index (χ2n) is 8.51. The molecule has 1 spiro atoms. The summed E-state index contributed by atoms with van der Waals surface area (Å²) in [6, 6.07) is 3.66. The fourth-order valence-corrected chi connectivity index (χ4v) is 3.82. The molecule has 2 heterocycles. The first-order valence-corrected chi connectivity index (χ1v) is 9.15. The van der Waals surface area contributed by atoms with E-state index < -0.39 is 17.5 Å². The molecule has 0 atom stereocenters. The lowest BCUT2D eigenvalue weighted by molar-refractivity contribution is -0.141. The topological polar surface area (TPSA) is 51.7 Å². The summed E-state index contributed by atoms with van der Waals surface area (Å²) < 4.78 is 49.4. The lowest BCUT2D eigenvalue weighted by Crippen LogP contribution is -2.55. The monoisotopic (exact) mass is 386 g/mol. The van der Waals surface area contributed by atoms with Crippen LogP contribution in [-0.2, 0) is 10.9 Å². The standard InChI is InChI=1S/C19H25F3N2O3/c1-17(2,3)27-16(25)24-9-5-8-18(12-24)10-13(11-18)26-15-7-4-6-14(23-15)19(20,21)22/h4,6-7,13H,5,8-12H2,1-3H3. The molecule has 1 aromatic rings. The van der Waals surface area contributed by atoms with Gasteiger partial charge < -0.3 is 14.4 Å². The second-order valence-corrected chi connectivity index (χ2v) is 8.51. The van der Waals surface area contributed by atoms with Gasteiger partial charge in [-0.1, -0.05) is 6.07 Å². The van der Waals surface area contributed by atoms with E-state index >= 15 is 0 Å². The van der Waals surface area contributed by atoms with Gasteiger partial charge >= 0.3 is 12.3 Å². The molecule has 1 aromatic heterocycles. The van der Waals surface area contributed by atoms with Gasteiger partial charge in [-0.25, -0.2) is 9.78 Å². The zero-order valence-corrected chi connectivity index (χ0v) is 15.8. The predicted molar refractivity (Wildman–Crippen MR) is 92.4 cm³/mol. The Kier molecular flexibility index (Phi) is 5.03. The highest BCUT2D eigenvalue weighted by molar-refractivity contribution is 5.68. The van der Waals surface area contributed by atoms with Crippen LogP contribution in [0.3, 0.4) is 0 Å². The van der Waals surface area contributed by atoms with Crippen LogP contribution in [0.4, 0.5) is 18.0 Å². The number of ether oxygens (including phenoxy) is 2. The van der Waals surface area contributed by atoms with E-state index in [1.54, 1.807) is 4.90 Å². The molecule has 1 saturated heterocycles. The molecule has 0 bridgehead atoms. The molecule has 150 valence electrons. The molecule has 1 aliphatic heterocycles. The number of halogens is 3. The SMILES string of the molecule is CC(C)(C)OC(=O)N1CCCC2(CC(Oc3cccc(C(F)(F)F)n3)C2)C1. The predicted octanol–water partition coefficient (Wildman–Crippen LogP) is 4.66. The molecule has 8 heteroatoms. The Morgan fingerprint density at radius 3 is 2.59 bits per heavy atom. The van der Waals surface area contributed by atoms with E-state index in [0.717, 1.165) is 18.9 Å². The third-order valence-electron chi connectivity index (χ3n) is 4.94. The molecule has 2 aliphatic rings. The Morgan fingerprint density at radius 1 is 1.26 bits per heavy atom. The van der Waals surface area contributed by atoms with Crippen molar-refractivity contribution in [2.45, 2.75) is 64.3 Å². The van der Waals surface area contributed by atoms with E-state index in [1.807, 2.05) is 20.8 Å². The van der Waals surface area contributed by atoms with Crippen molar-refractivity contribution in [3.63, 3.8) is 0 Å². The van der Waals surface area contributed by atoms with Crippen molar-refractivity contribution in [3.8, 4) is 5.88 Å². The van der Waals surface area contributed by atoms with E-state index in [0.29, 0.717) is 25.9 Å². The molecule has 5 nitrogen and oxygen atoms in total. The largest absolute Gasteiger partial charge is 0.474 e. The smallest absolute Gasteiger partial charge is 0.433 e. The van der Waals surface area contributed by atoms with Gasteiger partial charge in [0.15, 0.2) is 0 Å². The first kappa shape index (κ1) is 19.8. The van der Waals surface area contributed by atoms with Gasteiger partial charge in [0.1, 0.15) is 17.4 Å². The minimum absolute atomic E-state index is 0.00974. The number of aromatic nitrogens is 1. The summed E-state index contributed by atoms with van der Waals surface area (Å²) in [5.74, 6) is -0.00974. The molecule has 0 aromatic carbocycles. The highest BCUT2D eigenvalue weighted by atomic mass is 19.4. The fourth-order valence-electron chi connectivity index (χ4n) is 3.82. The van der Waals surface area contributed by atoms with Crippen LogP contribution >= 0.6 is 0 Å². The van der Waals surface area contributed by atoms with Gasteiger partial charge in [0.25, 0.3) is 0 Å². The van der Waals surface area contributed by atoms with Gasteiger partial charge in [0.2, 0.25) is 5.88 Å². The van der Waals surface area contributed by atoms with Crippen molar-refractivity contribution < 1.29 is 27.4 Å². The summed E-state index contributed by atoms with van der Waals surface area (Å²) in [5, 5.41) is 0. The van der Waals surface area contributed by atoms with E-state index in [9.17, 15) is 18.0 Å². The summed E-state index contributed by atoms with van der Waals surface area (Å²) in [6.07, 6.45) is -1.73. The molecular formula is C19H25F3N2O3. The van der Waals surface area contributed by atoms with E-state index in [1.165, 1.54) is 12.1 Å². The number of carbonyl (C=O) groups is 1. The van der Waals surface area contributed by atoms with Crippen molar-refractivity contribution in [1.82, 2.24) is 9.88 Å². The normalized spacial score (nSPS) is 25.9. The average molecular weight is 386 g/mol. The van der Waals surface area contributed by atoms with Gasteiger partial charge in [0.05, 0.1) is 0 Å². The highest BCUT2D eigenvalue weighted by Crippen LogP contribution is 2.49. The zero-order chi connectivity index (χ0) is 19.9. The highest BCUT2D eigenvalue weighted by Gasteiger charge is 2.49. The third-order valence-corrected chi connectivity index (χ3v) is 4.94. The number of piperidine rings is 1. The number of amides is 1. The Balaban J connectivity index is 1.56. The van der Waals surface area contributed by atoms with Gasteiger partial charge in [-0.3, -0.25) is 0 Å². The molecule has 2 fully saturated rings. The number of pyridine rings is 1. The lowest BCUT2D eigenvalue weighted by Gasteiger charge is -2.52. The number of rotatable bonds is 2. The van der Waals surface area contributed by atoms with Gasteiger partial charge in [-0.15, -0.1) is 0 Å². The first-order chi connectivity index (χ1) is 12.5. The maximum absolute atomic E-state index is 12.8. The number of alkyl halides is 3. The van der Waals surface area contributed by atoms with Crippen molar-refractivity contribution >= 4 is 6.09 Å². The Bertz CT molecular complexity index is 694. The van der Waals surface area contributed by atoms with Crippen molar-refractivity contribution in [2.24, 2.45) is 5.41 Å². The molecule has 1 amide bonds. The van der Waals surface area contributed by atoms with Gasteiger partial charge in [0, 0.05) is 19.2 Å². The van der Waals surface area contributed by atoms with Crippen LogP contribution in [-0.4, -0.2) is 40.8 Å². The Hall–Kier alpha value is -1.99. The van der Waals surface area contributed by atoms with Crippen molar-refractivity contribution in [2.75, 3.05) is 13.1 Å². The molecule has 0 unspecified atom stereocenters. The third kappa shape index (κ3) is 4.84. The maximum Gasteiger partial charge on any atom is 0.433 e. The van der Waals surface area contributed by atoms with Crippen LogP contribution in [0.5, 0.6) is 5.88 Å². The first-order valence-electron chi connectivity index (χ1n) is 9.15. The van der Waals surface area contributed by atoms with Crippen molar-refractivity contribution in [3.05, 3.63) is 23.9 Å².